The molecule has 2 heterocycles. The third-order valence-electron chi connectivity index (χ3n) is 4.99. The molecule has 0 N–H and O–H groups in total. The van der Waals surface area contributed by atoms with Crippen LogP contribution < -0.4 is 0 Å². The number of carbonyl (C=O) groups excluding carboxylic acids is 1. The Bertz CT molecular complexity index is 738. The standard InChI is InChI=1S/C20H27N3O2/c1-14(2)19-11-18(21-25-19)13-22(4)20(24)15(3)23-10-9-16-7-5-6-8-17(16)12-23/h5-8,11,14-15H,9-10,12-13H2,1-4H3. The molecule has 0 saturated carbocycles. The third-order valence-corrected chi connectivity index (χ3v) is 4.99. The minimum atomic E-state index is -0.144. The molecule has 0 spiro atoms. The van der Waals surface area contributed by atoms with E-state index in [-0.39, 0.29) is 11.9 Å². The van der Waals surface area contributed by atoms with Crippen molar-refractivity contribution in [3.8, 4) is 0 Å². The fraction of sp³-hybridized carbons (Fsp3) is 0.500. The minimum Gasteiger partial charge on any atom is -0.361 e. The first-order valence-electron chi connectivity index (χ1n) is 8.97. The summed E-state index contributed by atoms with van der Waals surface area (Å²) >= 11 is 0. The van der Waals surface area contributed by atoms with E-state index in [9.17, 15) is 4.79 Å². The van der Waals surface area contributed by atoms with Gasteiger partial charge in [0.05, 0.1) is 12.6 Å². The molecule has 1 unspecified atom stereocenters. The minimum absolute atomic E-state index is 0.119. The van der Waals surface area contributed by atoms with Gasteiger partial charge in [0.15, 0.2) is 0 Å². The lowest BCUT2D eigenvalue weighted by atomic mass is 9.98. The van der Waals surface area contributed by atoms with Crippen molar-refractivity contribution < 1.29 is 9.32 Å². The average molecular weight is 341 g/mol. The van der Waals surface area contributed by atoms with Crippen LogP contribution in [0.25, 0.3) is 0 Å². The summed E-state index contributed by atoms with van der Waals surface area (Å²) in [5.74, 6) is 1.28. The highest BCUT2D eigenvalue weighted by atomic mass is 16.5. The second kappa shape index (κ2) is 7.40. The van der Waals surface area contributed by atoms with Gasteiger partial charge in [0, 0.05) is 32.1 Å². The molecule has 1 aliphatic rings. The monoisotopic (exact) mass is 341 g/mol. The Labute approximate surface area is 149 Å². The first kappa shape index (κ1) is 17.7. The fourth-order valence-corrected chi connectivity index (χ4v) is 3.32. The van der Waals surface area contributed by atoms with Crippen LogP contribution in [0.2, 0.25) is 0 Å². The number of hydrogen-bond donors (Lipinski definition) is 0. The summed E-state index contributed by atoms with van der Waals surface area (Å²) in [6.07, 6.45) is 0.999. The van der Waals surface area contributed by atoms with E-state index in [4.69, 9.17) is 4.52 Å². The van der Waals surface area contributed by atoms with Gasteiger partial charge in [0.1, 0.15) is 11.5 Å². The van der Waals surface area contributed by atoms with Gasteiger partial charge >= 0.3 is 0 Å². The van der Waals surface area contributed by atoms with Crippen molar-refractivity contribution in [2.75, 3.05) is 13.6 Å². The molecule has 134 valence electrons. The van der Waals surface area contributed by atoms with E-state index < -0.39 is 0 Å². The number of benzene rings is 1. The summed E-state index contributed by atoms with van der Waals surface area (Å²) in [7, 11) is 1.83. The Balaban J connectivity index is 1.61. The normalized spacial score (nSPS) is 15.9. The molecule has 0 radical (unpaired) electrons. The van der Waals surface area contributed by atoms with Gasteiger partial charge in [-0.1, -0.05) is 43.3 Å². The molecule has 0 saturated heterocycles. The van der Waals surface area contributed by atoms with Gasteiger partial charge in [-0.3, -0.25) is 9.69 Å². The first-order chi connectivity index (χ1) is 12.0. The molecule has 25 heavy (non-hydrogen) atoms. The van der Waals surface area contributed by atoms with Gasteiger partial charge in [0.2, 0.25) is 5.91 Å². The lowest BCUT2D eigenvalue weighted by Gasteiger charge is -2.34. The molecule has 1 atom stereocenters. The largest absolute Gasteiger partial charge is 0.361 e. The van der Waals surface area contributed by atoms with E-state index in [2.05, 4.69) is 48.2 Å². The van der Waals surface area contributed by atoms with Gasteiger partial charge in [-0.05, 0) is 24.5 Å². The van der Waals surface area contributed by atoms with E-state index >= 15 is 0 Å². The Kier molecular flexibility index (Phi) is 5.23. The van der Waals surface area contributed by atoms with Crippen molar-refractivity contribution in [3.05, 3.63) is 52.9 Å². The first-order valence-corrected chi connectivity index (χ1v) is 8.97. The van der Waals surface area contributed by atoms with Crippen LogP contribution >= 0.6 is 0 Å². The number of hydrogen-bond acceptors (Lipinski definition) is 4. The zero-order valence-corrected chi connectivity index (χ0v) is 15.5. The molecule has 5 nitrogen and oxygen atoms in total. The van der Waals surface area contributed by atoms with Gasteiger partial charge in [-0.15, -0.1) is 0 Å². The van der Waals surface area contributed by atoms with Gasteiger partial charge in [-0.2, -0.15) is 0 Å². The lowest BCUT2D eigenvalue weighted by Crippen LogP contribution is -2.47. The summed E-state index contributed by atoms with van der Waals surface area (Å²) in [4.78, 5) is 16.8. The average Bonchev–Trinajstić information content (AvgIpc) is 3.08. The summed E-state index contributed by atoms with van der Waals surface area (Å²) in [6, 6.07) is 10.3. The third kappa shape index (κ3) is 3.93. The molecule has 0 aliphatic carbocycles. The number of fused-ring (bicyclic) bond motifs is 1. The van der Waals surface area contributed by atoms with Crippen LogP contribution in [0.15, 0.2) is 34.9 Å². The highest BCUT2D eigenvalue weighted by Crippen LogP contribution is 2.21. The predicted molar refractivity (Wildman–Crippen MR) is 97.1 cm³/mol. The second-order valence-electron chi connectivity index (χ2n) is 7.23. The molecule has 0 fully saturated rings. The van der Waals surface area contributed by atoms with Crippen molar-refractivity contribution in [1.29, 1.82) is 0 Å². The number of aromatic nitrogens is 1. The molecule has 1 aliphatic heterocycles. The molecule has 5 heteroatoms. The van der Waals surface area contributed by atoms with Crippen LogP contribution in [0.4, 0.5) is 0 Å². The molecular weight excluding hydrogens is 314 g/mol. The quantitative estimate of drug-likeness (QED) is 0.838. The Morgan fingerprint density at radius 1 is 1.28 bits per heavy atom. The van der Waals surface area contributed by atoms with Crippen molar-refractivity contribution >= 4 is 5.91 Å². The number of likely N-dealkylation sites (N-methyl/N-ethyl adjacent to an activating group) is 1. The Morgan fingerprint density at radius 2 is 2.00 bits per heavy atom. The molecule has 1 aromatic heterocycles. The molecular formula is C20H27N3O2. The maximum atomic E-state index is 12.8. The highest BCUT2D eigenvalue weighted by molar-refractivity contribution is 5.81. The number of nitrogens with zero attached hydrogens (tertiary/aromatic N) is 3. The van der Waals surface area contributed by atoms with E-state index in [1.807, 2.05) is 20.0 Å². The Hall–Kier alpha value is -2.14. The van der Waals surface area contributed by atoms with E-state index in [0.29, 0.717) is 12.5 Å². The molecule has 0 bridgehead atoms. The fourth-order valence-electron chi connectivity index (χ4n) is 3.32. The topological polar surface area (TPSA) is 49.6 Å². The number of rotatable bonds is 5. The summed E-state index contributed by atoms with van der Waals surface area (Å²) in [5.41, 5.74) is 3.53. The summed E-state index contributed by atoms with van der Waals surface area (Å²) in [5, 5.41) is 4.08. The van der Waals surface area contributed by atoms with Crippen LogP contribution in [0.3, 0.4) is 0 Å². The maximum absolute atomic E-state index is 12.8. The van der Waals surface area contributed by atoms with Crippen LogP contribution in [-0.4, -0.2) is 40.5 Å². The van der Waals surface area contributed by atoms with Crippen molar-refractivity contribution in [1.82, 2.24) is 15.0 Å². The zero-order valence-electron chi connectivity index (χ0n) is 15.5. The van der Waals surface area contributed by atoms with Crippen LogP contribution in [-0.2, 0) is 24.3 Å². The molecule has 1 aromatic carbocycles. The van der Waals surface area contributed by atoms with Crippen LogP contribution in [0.5, 0.6) is 0 Å². The van der Waals surface area contributed by atoms with Gasteiger partial charge in [-0.25, -0.2) is 0 Å². The SMILES string of the molecule is CC(C)c1cc(CN(C)C(=O)C(C)N2CCc3ccccc3C2)no1. The predicted octanol–water partition coefficient (Wildman–Crippen LogP) is 3.20. The molecule has 3 rings (SSSR count). The zero-order chi connectivity index (χ0) is 18.0. The maximum Gasteiger partial charge on any atom is 0.239 e. The van der Waals surface area contributed by atoms with Crippen molar-refractivity contribution in [2.24, 2.45) is 0 Å². The molecule has 1 amide bonds. The lowest BCUT2D eigenvalue weighted by molar-refractivity contribution is -0.136. The Morgan fingerprint density at radius 3 is 2.68 bits per heavy atom. The number of carbonyl (C=O) groups is 1. The highest BCUT2D eigenvalue weighted by Gasteiger charge is 2.27. The second-order valence-corrected chi connectivity index (χ2v) is 7.23. The van der Waals surface area contributed by atoms with E-state index in [1.165, 1.54) is 11.1 Å². The summed E-state index contributed by atoms with van der Waals surface area (Å²) < 4.78 is 5.32. The van der Waals surface area contributed by atoms with E-state index in [1.54, 1.807) is 4.90 Å². The van der Waals surface area contributed by atoms with Crippen LogP contribution in [0.1, 0.15) is 49.3 Å². The number of amides is 1. The smallest absolute Gasteiger partial charge is 0.239 e. The molecule has 2 aromatic rings. The van der Waals surface area contributed by atoms with Crippen molar-refractivity contribution in [3.63, 3.8) is 0 Å². The van der Waals surface area contributed by atoms with Gasteiger partial charge in [0.25, 0.3) is 0 Å². The van der Waals surface area contributed by atoms with Crippen molar-refractivity contribution in [2.45, 2.75) is 52.2 Å². The van der Waals surface area contributed by atoms with E-state index in [0.717, 1.165) is 31.0 Å². The summed E-state index contributed by atoms with van der Waals surface area (Å²) in [6.45, 7) is 8.35. The van der Waals surface area contributed by atoms with Crippen LogP contribution in [0, 0.1) is 0 Å². The van der Waals surface area contributed by atoms with Gasteiger partial charge < -0.3 is 9.42 Å².